The van der Waals surface area contributed by atoms with E-state index in [4.69, 9.17) is 0 Å². The smallest absolute Gasteiger partial charge is 0.164 e. The predicted molar refractivity (Wildman–Crippen MR) is 70.6 cm³/mol. The lowest BCUT2D eigenvalue weighted by molar-refractivity contribution is 0.0971. The number of carbonyl (C=O) groups excluding carboxylic acids is 1. The van der Waals surface area contributed by atoms with Crippen molar-refractivity contribution in [2.24, 2.45) is 0 Å². The molecule has 1 aromatic heterocycles. The van der Waals surface area contributed by atoms with E-state index >= 15 is 0 Å². The van der Waals surface area contributed by atoms with E-state index in [9.17, 15) is 13.2 Å². The average molecular weight is 269 g/mol. The zero-order chi connectivity index (χ0) is 13.6. The van der Waals surface area contributed by atoms with Crippen LogP contribution >= 0.6 is 0 Å². The summed E-state index contributed by atoms with van der Waals surface area (Å²) < 4.78 is 24.6. The fraction of sp³-hybridized carbons (Fsp3) is 0.615. The number of Topliss-reactive ketones (excluding diaryl/α,β-unsaturated/α-hetero) is 1. The van der Waals surface area contributed by atoms with Crippen molar-refractivity contribution in [3.8, 4) is 0 Å². The third-order valence-electron chi connectivity index (χ3n) is 3.75. The molecule has 0 spiro atoms. The highest BCUT2D eigenvalue weighted by atomic mass is 32.2. The lowest BCUT2D eigenvalue weighted by atomic mass is 9.96. The first kappa shape index (κ1) is 13.3. The standard InChI is InChI=1S/C13H19NO3S/c1-13(2,18(3,16)17)9-14-8-7-10-11(14)5-4-6-12(10)15/h7-8H,4-6,9H2,1-3H3. The SMILES string of the molecule is CC(C)(Cn1ccc2c1CCCC2=O)S(C)(=O)=O. The second-order valence-electron chi connectivity index (χ2n) is 5.61. The van der Waals surface area contributed by atoms with Crippen LogP contribution in [-0.2, 0) is 22.8 Å². The molecule has 0 amide bonds. The lowest BCUT2D eigenvalue weighted by Gasteiger charge is -2.25. The highest BCUT2D eigenvalue weighted by Crippen LogP contribution is 2.25. The van der Waals surface area contributed by atoms with Crippen molar-refractivity contribution in [3.05, 3.63) is 23.5 Å². The lowest BCUT2D eigenvalue weighted by Crippen LogP contribution is -2.36. The van der Waals surface area contributed by atoms with Gasteiger partial charge in [0.1, 0.15) is 0 Å². The molecule has 0 aromatic carbocycles. The van der Waals surface area contributed by atoms with E-state index in [2.05, 4.69) is 0 Å². The van der Waals surface area contributed by atoms with Gasteiger partial charge in [-0.2, -0.15) is 0 Å². The first-order valence-corrected chi connectivity index (χ1v) is 8.02. The normalized spacial score (nSPS) is 16.7. The minimum atomic E-state index is -3.12. The number of fused-ring (bicyclic) bond motifs is 1. The van der Waals surface area contributed by atoms with Crippen LogP contribution in [0.15, 0.2) is 12.3 Å². The number of carbonyl (C=O) groups is 1. The Hall–Kier alpha value is -1.10. The van der Waals surface area contributed by atoms with Gasteiger partial charge in [-0.25, -0.2) is 8.42 Å². The maximum Gasteiger partial charge on any atom is 0.164 e. The minimum Gasteiger partial charge on any atom is -0.349 e. The maximum atomic E-state index is 11.7. The van der Waals surface area contributed by atoms with E-state index in [1.807, 2.05) is 16.8 Å². The molecule has 1 aliphatic rings. The summed E-state index contributed by atoms with van der Waals surface area (Å²) in [5.74, 6) is 0.173. The first-order chi connectivity index (χ1) is 8.22. The Kier molecular flexibility index (Phi) is 3.13. The van der Waals surface area contributed by atoms with Crippen molar-refractivity contribution in [1.29, 1.82) is 0 Å². The summed E-state index contributed by atoms with van der Waals surface area (Å²) in [6, 6.07) is 1.81. The highest BCUT2D eigenvalue weighted by molar-refractivity contribution is 7.92. The summed E-state index contributed by atoms with van der Waals surface area (Å²) in [4.78, 5) is 11.7. The molecule has 0 atom stereocenters. The predicted octanol–water partition coefficient (Wildman–Crippen LogP) is 1.83. The Balaban J connectivity index is 2.35. The second kappa shape index (κ2) is 4.23. The van der Waals surface area contributed by atoms with E-state index in [-0.39, 0.29) is 5.78 Å². The molecular formula is C13H19NO3S. The molecule has 0 radical (unpaired) electrons. The molecular weight excluding hydrogens is 250 g/mol. The number of aromatic nitrogens is 1. The number of hydrogen-bond donors (Lipinski definition) is 0. The van der Waals surface area contributed by atoms with Gasteiger partial charge in [-0.15, -0.1) is 0 Å². The fourth-order valence-electron chi connectivity index (χ4n) is 2.26. The van der Waals surface area contributed by atoms with Gasteiger partial charge in [-0.1, -0.05) is 0 Å². The molecule has 0 bridgehead atoms. The van der Waals surface area contributed by atoms with Gasteiger partial charge in [-0.05, 0) is 32.8 Å². The fourth-order valence-corrected chi connectivity index (χ4v) is 2.64. The van der Waals surface area contributed by atoms with Crippen molar-refractivity contribution in [1.82, 2.24) is 4.57 Å². The van der Waals surface area contributed by atoms with Crippen molar-refractivity contribution in [3.63, 3.8) is 0 Å². The van der Waals surface area contributed by atoms with Crippen molar-refractivity contribution < 1.29 is 13.2 Å². The molecule has 0 unspecified atom stereocenters. The molecule has 100 valence electrons. The van der Waals surface area contributed by atoms with Gasteiger partial charge in [0, 0.05) is 36.7 Å². The van der Waals surface area contributed by atoms with E-state index in [1.165, 1.54) is 6.26 Å². The Labute approximate surface area is 108 Å². The molecule has 0 saturated carbocycles. The van der Waals surface area contributed by atoms with Crippen molar-refractivity contribution in [2.45, 2.75) is 44.4 Å². The van der Waals surface area contributed by atoms with Crippen LogP contribution in [0, 0.1) is 0 Å². The van der Waals surface area contributed by atoms with E-state index < -0.39 is 14.6 Å². The average Bonchev–Trinajstić information content (AvgIpc) is 2.61. The van der Waals surface area contributed by atoms with Crippen LogP contribution < -0.4 is 0 Å². The molecule has 1 aromatic rings. The number of rotatable bonds is 3. The summed E-state index contributed by atoms with van der Waals surface area (Å²) in [7, 11) is -3.12. The van der Waals surface area contributed by atoms with Crippen molar-refractivity contribution in [2.75, 3.05) is 6.26 Å². The summed E-state index contributed by atoms with van der Waals surface area (Å²) in [5, 5.41) is 0. The number of nitrogens with zero attached hydrogens (tertiary/aromatic N) is 1. The molecule has 2 rings (SSSR count). The Morgan fingerprint density at radius 1 is 1.33 bits per heavy atom. The zero-order valence-corrected chi connectivity index (χ0v) is 11.9. The monoisotopic (exact) mass is 269 g/mol. The minimum absolute atomic E-state index is 0.173. The van der Waals surface area contributed by atoms with Crippen LogP contribution in [0.25, 0.3) is 0 Å². The Morgan fingerprint density at radius 2 is 2.00 bits per heavy atom. The Bertz CT molecular complexity index is 581. The van der Waals surface area contributed by atoms with Crippen molar-refractivity contribution >= 4 is 15.6 Å². The quantitative estimate of drug-likeness (QED) is 0.841. The van der Waals surface area contributed by atoms with Gasteiger partial charge < -0.3 is 4.57 Å². The molecule has 0 N–H and O–H groups in total. The molecule has 0 saturated heterocycles. The second-order valence-corrected chi connectivity index (χ2v) is 8.26. The summed E-state index contributed by atoms with van der Waals surface area (Å²) >= 11 is 0. The molecule has 4 nitrogen and oxygen atoms in total. The number of sulfone groups is 1. The molecule has 1 heterocycles. The van der Waals surface area contributed by atoms with Crippen LogP contribution in [0.1, 0.15) is 42.7 Å². The number of ketones is 1. The summed E-state index contributed by atoms with van der Waals surface area (Å²) in [6.45, 7) is 3.84. The molecule has 0 aliphatic heterocycles. The molecule has 1 aliphatic carbocycles. The first-order valence-electron chi connectivity index (χ1n) is 6.13. The van der Waals surface area contributed by atoms with Gasteiger partial charge in [-0.3, -0.25) is 4.79 Å². The van der Waals surface area contributed by atoms with Gasteiger partial charge in [0.25, 0.3) is 0 Å². The van der Waals surface area contributed by atoms with E-state index in [0.29, 0.717) is 13.0 Å². The zero-order valence-electron chi connectivity index (χ0n) is 11.1. The highest BCUT2D eigenvalue weighted by Gasteiger charge is 2.32. The van der Waals surface area contributed by atoms with Gasteiger partial charge in [0.15, 0.2) is 15.6 Å². The van der Waals surface area contributed by atoms with Gasteiger partial charge in [0.2, 0.25) is 0 Å². The maximum absolute atomic E-state index is 11.7. The molecule has 5 heteroatoms. The van der Waals surface area contributed by atoms with Crippen LogP contribution in [0.4, 0.5) is 0 Å². The van der Waals surface area contributed by atoms with Crippen LogP contribution in [-0.4, -0.2) is 29.8 Å². The van der Waals surface area contributed by atoms with Crippen LogP contribution in [0.2, 0.25) is 0 Å². The molecule has 0 fully saturated rings. The van der Waals surface area contributed by atoms with E-state index in [0.717, 1.165) is 24.1 Å². The summed E-state index contributed by atoms with van der Waals surface area (Å²) in [6.07, 6.45) is 5.41. The van der Waals surface area contributed by atoms with Gasteiger partial charge >= 0.3 is 0 Å². The Morgan fingerprint density at radius 3 is 2.61 bits per heavy atom. The van der Waals surface area contributed by atoms with E-state index in [1.54, 1.807) is 13.8 Å². The van der Waals surface area contributed by atoms with Crippen LogP contribution in [0.3, 0.4) is 0 Å². The third kappa shape index (κ3) is 2.23. The van der Waals surface area contributed by atoms with Gasteiger partial charge in [0.05, 0.1) is 4.75 Å². The largest absolute Gasteiger partial charge is 0.349 e. The number of hydrogen-bond acceptors (Lipinski definition) is 3. The van der Waals surface area contributed by atoms with Crippen LogP contribution in [0.5, 0.6) is 0 Å². The third-order valence-corrected chi connectivity index (χ3v) is 5.89. The topological polar surface area (TPSA) is 56.1 Å². The molecule has 18 heavy (non-hydrogen) atoms. The summed E-state index contributed by atoms with van der Waals surface area (Å²) in [5.41, 5.74) is 1.76.